The summed E-state index contributed by atoms with van der Waals surface area (Å²) >= 11 is 12.0. The van der Waals surface area contributed by atoms with Crippen molar-refractivity contribution < 1.29 is 9.53 Å². The first-order valence-corrected chi connectivity index (χ1v) is 7.35. The number of ether oxygens (including phenoxy) is 1. The van der Waals surface area contributed by atoms with Gasteiger partial charge in [0.15, 0.2) is 0 Å². The third kappa shape index (κ3) is 4.26. The average Bonchev–Trinajstić information content (AvgIpc) is 2.50. The monoisotopic (exact) mass is 335 g/mol. The summed E-state index contributed by atoms with van der Waals surface area (Å²) in [5.41, 5.74) is 1.84. The number of carbonyl (C=O) groups is 1. The lowest BCUT2D eigenvalue weighted by molar-refractivity contribution is 0.102. The lowest BCUT2D eigenvalue weighted by atomic mass is 10.2. The fraction of sp³-hybridized carbons (Fsp3) is 0.118. The Morgan fingerprint density at radius 1 is 1.23 bits per heavy atom. The van der Waals surface area contributed by atoms with E-state index in [1.165, 1.54) is 0 Å². The minimum atomic E-state index is -0.287. The zero-order valence-electron chi connectivity index (χ0n) is 12.0. The molecule has 0 unspecified atom stereocenters. The van der Waals surface area contributed by atoms with Gasteiger partial charge < -0.3 is 10.1 Å². The molecule has 0 aliphatic rings. The highest BCUT2D eigenvalue weighted by molar-refractivity contribution is 6.44. The molecule has 0 fully saturated rings. The topological polar surface area (TPSA) is 38.3 Å². The van der Waals surface area contributed by atoms with Crippen LogP contribution in [-0.2, 0) is 0 Å². The van der Waals surface area contributed by atoms with Crippen LogP contribution < -0.4 is 10.1 Å². The minimum absolute atomic E-state index is 0.287. The molecule has 2 aromatic rings. The summed E-state index contributed by atoms with van der Waals surface area (Å²) in [6.45, 7) is 6.05. The zero-order valence-corrected chi connectivity index (χ0v) is 13.5. The van der Waals surface area contributed by atoms with E-state index in [0.29, 0.717) is 33.7 Å². The Morgan fingerprint density at radius 3 is 2.68 bits per heavy atom. The molecule has 0 saturated heterocycles. The predicted octanol–water partition coefficient (Wildman–Crippen LogP) is 5.20. The van der Waals surface area contributed by atoms with Crippen molar-refractivity contribution in [2.24, 2.45) is 0 Å². The molecule has 1 N–H and O–H groups in total. The number of hydrogen-bond acceptors (Lipinski definition) is 2. The molecule has 0 saturated carbocycles. The number of hydrogen-bond donors (Lipinski definition) is 1. The number of amides is 1. The molecule has 22 heavy (non-hydrogen) atoms. The van der Waals surface area contributed by atoms with Gasteiger partial charge in [0.1, 0.15) is 12.4 Å². The van der Waals surface area contributed by atoms with Crippen molar-refractivity contribution in [1.29, 1.82) is 0 Å². The molecule has 0 radical (unpaired) electrons. The fourth-order valence-electron chi connectivity index (χ4n) is 1.73. The third-order valence-electron chi connectivity index (χ3n) is 2.78. The molecule has 1 amide bonds. The van der Waals surface area contributed by atoms with Crippen LogP contribution in [-0.4, -0.2) is 12.5 Å². The van der Waals surface area contributed by atoms with Crippen molar-refractivity contribution in [3.8, 4) is 5.75 Å². The van der Waals surface area contributed by atoms with Crippen LogP contribution in [0.3, 0.4) is 0 Å². The number of rotatable bonds is 5. The number of nitrogens with one attached hydrogen (secondary N) is 1. The molecule has 2 rings (SSSR count). The Labute approximate surface area is 139 Å². The number of anilines is 1. The molecule has 0 aliphatic heterocycles. The lowest BCUT2D eigenvalue weighted by Gasteiger charge is -2.10. The second-order valence-corrected chi connectivity index (χ2v) is 5.61. The van der Waals surface area contributed by atoms with E-state index in [0.717, 1.165) is 5.57 Å². The molecular formula is C17H15Cl2NO2. The van der Waals surface area contributed by atoms with Gasteiger partial charge in [0.2, 0.25) is 0 Å². The lowest BCUT2D eigenvalue weighted by Crippen LogP contribution is -2.12. The number of carbonyl (C=O) groups excluding carboxylic acids is 1. The molecule has 3 nitrogen and oxygen atoms in total. The van der Waals surface area contributed by atoms with Crippen molar-refractivity contribution in [1.82, 2.24) is 0 Å². The fourth-order valence-corrected chi connectivity index (χ4v) is 2.08. The van der Waals surface area contributed by atoms with E-state index in [1.807, 2.05) is 6.92 Å². The van der Waals surface area contributed by atoms with E-state index < -0.39 is 0 Å². The normalized spacial score (nSPS) is 10.1. The second kappa shape index (κ2) is 7.34. The smallest absolute Gasteiger partial charge is 0.255 e. The van der Waals surface area contributed by atoms with Crippen LogP contribution in [0.2, 0.25) is 10.0 Å². The van der Waals surface area contributed by atoms with Crippen LogP contribution in [0.25, 0.3) is 0 Å². The van der Waals surface area contributed by atoms with Gasteiger partial charge in [-0.15, -0.1) is 0 Å². The number of halogens is 2. The summed E-state index contributed by atoms with van der Waals surface area (Å²) in [5, 5.41) is 3.43. The maximum absolute atomic E-state index is 12.3. The Balaban J connectivity index is 2.14. The summed E-state index contributed by atoms with van der Waals surface area (Å²) in [4.78, 5) is 12.3. The van der Waals surface area contributed by atoms with Gasteiger partial charge in [-0.25, -0.2) is 0 Å². The Kier molecular flexibility index (Phi) is 5.47. The van der Waals surface area contributed by atoms with Crippen LogP contribution in [0, 0.1) is 0 Å². The molecule has 0 spiro atoms. The minimum Gasteiger partial charge on any atom is -0.489 e. The zero-order chi connectivity index (χ0) is 16.1. The maximum atomic E-state index is 12.3. The third-order valence-corrected chi connectivity index (χ3v) is 3.60. The van der Waals surface area contributed by atoms with Crippen molar-refractivity contribution in [2.75, 3.05) is 11.9 Å². The molecule has 114 valence electrons. The van der Waals surface area contributed by atoms with Gasteiger partial charge in [-0.05, 0) is 42.8 Å². The highest BCUT2D eigenvalue weighted by Crippen LogP contribution is 2.30. The molecule has 0 atom stereocenters. The first-order valence-electron chi connectivity index (χ1n) is 6.60. The average molecular weight is 336 g/mol. The SMILES string of the molecule is C=C(C)COc1cccc(C(=O)Nc2cccc(Cl)c2Cl)c1. The van der Waals surface area contributed by atoms with Gasteiger partial charge in [0.25, 0.3) is 5.91 Å². The molecule has 5 heteroatoms. The van der Waals surface area contributed by atoms with Crippen LogP contribution >= 0.6 is 23.2 Å². The Morgan fingerprint density at radius 2 is 1.95 bits per heavy atom. The standard InChI is InChI=1S/C17H15Cl2NO2/c1-11(2)10-22-13-6-3-5-12(9-13)17(21)20-15-8-4-7-14(18)16(15)19/h3-9H,1,10H2,2H3,(H,20,21). The predicted molar refractivity (Wildman–Crippen MR) is 91.2 cm³/mol. The summed E-state index contributed by atoms with van der Waals surface area (Å²) in [5.74, 6) is 0.317. The highest BCUT2D eigenvalue weighted by Gasteiger charge is 2.11. The molecule has 2 aromatic carbocycles. The summed E-state index contributed by atoms with van der Waals surface area (Å²) in [6.07, 6.45) is 0. The van der Waals surface area contributed by atoms with Gasteiger partial charge in [-0.1, -0.05) is 41.9 Å². The van der Waals surface area contributed by atoms with Crippen LogP contribution in [0.1, 0.15) is 17.3 Å². The van der Waals surface area contributed by atoms with Gasteiger partial charge in [-0.3, -0.25) is 4.79 Å². The van der Waals surface area contributed by atoms with Crippen molar-refractivity contribution >= 4 is 34.8 Å². The summed E-state index contributed by atoms with van der Waals surface area (Å²) in [6, 6.07) is 12.0. The number of benzene rings is 2. The van der Waals surface area contributed by atoms with Crippen molar-refractivity contribution in [3.63, 3.8) is 0 Å². The largest absolute Gasteiger partial charge is 0.489 e. The molecule has 0 aromatic heterocycles. The first-order chi connectivity index (χ1) is 10.5. The van der Waals surface area contributed by atoms with Gasteiger partial charge >= 0.3 is 0 Å². The molecule has 0 heterocycles. The van der Waals surface area contributed by atoms with E-state index >= 15 is 0 Å². The van der Waals surface area contributed by atoms with Crippen LogP contribution in [0.15, 0.2) is 54.6 Å². The van der Waals surface area contributed by atoms with Crippen LogP contribution in [0.5, 0.6) is 5.75 Å². The molecular weight excluding hydrogens is 321 g/mol. The second-order valence-electron chi connectivity index (χ2n) is 4.83. The maximum Gasteiger partial charge on any atom is 0.255 e. The summed E-state index contributed by atoms with van der Waals surface area (Å²) in [7, 11) is 0. The van der Waals surface area contributed by atoms with E-state index in [-0.39, 0.29) is 5.91 Å². The van der Waals surface area contributed by atoms with Gasteiger partial charge in [0, 0.05) is 5.56 Å². The highest BCUT2D eigenvalue weighted by atomic mass is 35.5. The van der Waals surface area contributed by atoms with Crippen molar-refractivity contribution in [2.45, 2.75) is 6.92 Å². The van der Waals surface area contributed by atoms with E-state index in [9.17, 15) is 4.79 Å². The van der Waals surface area contributed by atoms with Gasteiger partial charge in [-0.2, -0.15) is 0 Å². The summed E-state index contributed by atoms with van der Waals surface area (Å²) < 4.78 is 5.52. The quantitative estimate of drug-likeness (QED) is 0.762. The Bertz CT molecular complexity index is 714. The molecule has 0 bridgehead atoms. The Hall–Kier alpha value is -1.97. The van der Waals surface area contributed by atoms with E-state index in [2.05, 4.69) is 11.9 Å². The van der Waals surface area contributed by atoms with Gasteiger partial charge in [0.05, 0.1) is 15.7 Å². The molecule has 0 aliphatic carbocycles. The van der Waals surface area contributed by atoms with E-state index in [4.69, 9.17) is 27.9 Å². The van der Waals surface area contributed by atoms with Crippen LogP contribution in [0.4, 0.5) is 5.69 Å². The first kappa shape index (κ1) is 16.4. The van der Waals surface area contributed by atoms with Crippen molar-refractivity contribution in [3.05, 3.63) is 70.2 Å². The van der Waals surface area contributed by atoms with E-state index in [1.54, 1.807) is 42.5 Å².